The summed E-state index contributed by atoms with van der Waals surface area (Å²) in [5, 5.41) is 4.61. The molecule has 0 N–H and O–H groups in total. The van der Waals surface area contributed by atoms with Gasteiger partial charge in [0, 0.05) is 18.8 Å². The van der Waals surface area contributed by atoms with Gasteiger partial charge >= 0.3 is 0 Å². The lowest BCUT2D eigenvalue weighted by Crippen LogP contribution is -2.24. The summed E-state index contributed by atoms with van der Waals surface area (Å²) >= 11 is -0.523. The zero-order valence-electron chi connectivity index (χ0n) is 14.4. The van der Waals surface area contributed by atoms with Crippen LogP contribution in [0.1, 0.15) is 39.7 Å². The van der Waals surface area contributed by atoms with Crippen LogP contribution >= 0.6 is 0 Å². The van der Waals surface area contributed by atoms with Crippen molar-refractivity contribution in [1.82, 2.24) is 0 Å². The van der Waals surface area contributed by atoms with E-state index in [0.29, 0.717) is 0 Å². The monoisotopic (exact) mass is 301 g/mol. The molecule has 1 nitrogen and oxygen atoms in total. The molecular formula is C19H32AlN. The molecule has 0 aliphatic carbocycles. The Morgan fingerprint density at radius 1 is 1.05 bits per heavy atom. The van der Waals surface area contributed by atoms with E-state index in [4.69, 9.17) is 0 Å². The molecule has 0 saturated carbocycles. The highest BCUT2D eigenvalue weighted by Gasteiger charge is 2.21. The molecule has 1 aromatic rings. The van der Waals surface area contributed by atoms with Gasteiger partial charge in [0.15, 0.2) is 0 Å². The molecule has 1 aliphatic rings. The van der Waals surface area contributed by atoms with Crippen LogP contribution in [-0.4, -0.2) is 27.2 Å². The largest absolute Gasteiger partial charge is 0.371 e. The number of para-hydroxylation sites is 1. The molecule has 0 aromatic heterocycles. The van der Waals surface area contributed by atoms with Crippen molar-refractivity contribution in [2.24, 2.45) is 11.8 Å². The van der Waals surface area contributed by atoms with E-state index in [0.717, 1.165) is 11.8 Å². The smallest absolute Gasteiger partial charge is 0.262 e. The number of nitrogens with zero attached hydrogens (tertiary/aromatic N) is 1. The second-order valence-electron chi connectivity index (χ2n) is 7.63. The molecule has 2 rings (SSSR count). The Labute approximate surface area is 136 Å². The van der Waals surface area contributed by atoms with Crippen molar-refractivity contribution in [3.8, 4) is 0 Å². The van der Waals surface area contributed by atoms with E-state index < -0.39 is 14.1 Å². The van der Waals surface area contributed by atoms with Gasteiger partial charge in [-0.2, -0.15) is 0 Å². The van der Waals surface area contributed by atoms with E-state index >= 15 is 0 Å². The highest BCUT2D eigenvalue weighted by molar-refractivity contribution is 6.58. The average Bonchev–Trinajstić information content (AvgIpc) is 2.81. The lowest BCUT2D eigenvalue weighted by atomic mass is 10.2. The van der Waals surface area contributed by atoms with Crippen molar-refractivity contribution in [3.05, 3.63) is 29.8 Å². The van der Waals surface area contributed by atoms with Crippen molar-refractivity contribution >= 4 is 19.8 Å². The lowest BCUT2D eigenvalue weighted by molar-refractivity contribution is 0.681. The van der Waals surface area contributed by atoms with Crippen LogP contribution in [0.4, 0.5) is 5.69 Å². The van der Waals surface area contributed by atoms with Crippen molar-refractivity contribution in [2.75, 3.05) is 18.0 Å². The standard InChI is InChI=1S/C11H14N.2C4H9.Al/c1-2-8-12-9-7-10-5-3-4-6-11(10)12;2*1-4(2)3;/h3-6H,1-2,7-9H2;2*4H,1H2,2-3H3;. The van der Waals surface area contributed by atoms with Gasteiger partial charge in [0.05, 0.1) is 0 Å². The Balaban J connectivity index is 1.80. The van der Waals surface area contributed by atoms with Gasteiger partial charge in [-0.05, 0) is 24.5 Å². The second-order valence-corrected chi connectivity index (χ2v) is 10.9. The van der Waals surface area contributed by atoms with Crippen molar-refractivity contribution in [1.29, 1.82) is 0 Å². The fraction of sp³-hybridized carbons (Fsp3) is 0.684. The molecular weight excluding hydrogens is 269 g/mol. The molecule has 1 aliphatic heterocycles. The third-order valence-electron chi connectivity index (χ3n) is 4.63. The average molecular weight is 301 g/mol. The predicted molar refractivity (Wildman–Crippen MR) is 96.8 cm³/mol. The van der Waals surface area contributed by atoms with E-state index in [2.05, 4.69) is 56.9 Å². The normalized spacial score (nSPS) is 14.1. The molecule has 0 unspecified atom stereocenters. The van der Waals surface area contributed by atoms with Gasteiger partial charge in [-0.25, -0.2) is 0 Å². The van der Waals surface area contributed by atoms with E-state index in [1.807, 2.05) is 0 Å². The quantitative estimate of drug-likeness (QED) is 0.593. The number of rotatable bonds is 8. The van der Waals surface area contributed by atoms with Crippen LogP contribution in [-0.2, 0) is 6.42 Å². The van der Waals surface area contributed by atoms with E-state index in [9.17, 15) is 0 Å². The summed E-state index contributed by atoms with van der Waals surface area (Å²) in [5.74, 6) is 1.79. The first-order valence-electron chi connectivity index (χ1n) is 8.89. The Kier molecular flexibility index (Phi) is 6.65. The maximum absolute atomic E-state index is 2.62. The Morgan fingerprint density at radius 3 is 2.38 bits per heavy atom. The van der Waals surface area contributed by atoms with Gasteiger partial charge in [-0.3, -0.25) is 0 Å². The van der Waals surface area contributed by atoms with Gasteiger partial charge in [-0.1, -0.05) is 73.6 Å². The second kappa shape index (κ2) is 8.26. The highest BCUT2D eigenvalue weighted by Crippen LogP contribution is 2.28. The molecule has 0 amide bonds. The van der Waals surface area contributed by atoms with Crippen molar-refractivity contribution < 1.29 is 0 Å². The highest BCUT2D eigenvalue weighted by atomic mass is 27.2. The van der Waals surface area contributed by atoms with Gasteiger partial charge in [0.1, 0.15) is 0 Å². The van der Waals surface area contributed by atoms with Gasteiger partial charge in [0.25, 0.3) is 14.1 Å². The summed E-state index contributed by atoms with van der Waals surface area (Å²) in [7, 11) is 0. The predicted octanol–water partition coefficient (Wildman–Crippen LogP) is 5.25. The molecule has 0 atom stereocenters. The SMILES string of the molecule is CC(C)[CH2][Al]([CH2]CCN1CCc2ccccc21)[CH2]C(C)C. The summed E-state index contributed by atoms with van der Waals surface area (Å²) in [5.41, 5.74) is 3.05. The number of benzene rings is 1. The molecule has 2 heteroatoms. The third-order valence-corrected chi connectivity index (χ3v) is 9.08. The summed E-state index contributed by atoms with van der Waals surface area (Å²) < 4.78 is 0. The van der Waals surface area contributed by atoms with Crippen molar-refractivity contribution in [2.45, 2.75) is 56.4 Å². The van der Waals surface area contributed by atoms with E-state index in [1.54, 1.807) is 5.56 Å². The molecule has 1 aromatic carbocycles. The molecule has 1 heterocycles. The Hall–Kier alpha value is -0.448. The molecule has 0 fully saturated rings. The Bertz CT molecular complexity index is 417. The molecule has 116 valence electrons. The molecule has 0 saturated heterocycles. The topological polar surface area (TPSA) is 3.24 Å². The van der Waals surface area contributed by atoms with Crippen LogP contribution in [0.25, 0.3) is 0 Å². The van der Waals surface area contributed by atoms with Crippen LogP contribution in [0, 0.1) is 11.8 Å². The minimum Gasteiger partial charge on any atom is -0.371 e. The number of hydrogen-bond donors (Lipinski definition) is 0. The van der Waals surface area contributed by atoms with Crippen LogP contribution in [0.5, 0.6) is 0 Å². The van der Waals surface area contributed by atoms with Crippen LogP contribution in [0.15, 0.2) is 24.3 Å². The molecule has 0 radical (unpaired) electrons. The molecule has 0 bridgehead atoms. The van der Waals surface area contributed by atoms with E-state index in [-0.39, 0.29) is 0 Å². The third kappa shape index (κ3) is 5.35. The number of anilines is 1. The maximum Gasteiger partial charge on any atom is 0.262 e. The van der Waals surface area contributed by atoms with Gasteiger partial charge < -0.3 is 4.90 Å². The van der Waals surface area contributed by atoms with Gasteiger partial charge in [0.2, 0.25) is 0 Å². The van der Waals surface area contributed by atoms with E-state index in [1.165, 1.54) is 47.5 Å². The minimum atomic E-state index is -0.523. The summed E-state index contributed by atoms with van der Waals surface area (Å²) in [6.45, 7) is 12.1. The van der Waals surface area contributed by atoms with Crippen LogP contribution in [0.3, 0.4) is 0 Å². The summed E-state index contributed by atoms with van der Waals surface area (Å²) in [6.07, 6.45) is 2.65. The zero-order chi connectivity index (χ0) is 15.2. The fourth-order valence-corrected chi connectivity index (χ4v) is 7.97. The number of hydrogen-bond acceptors (Lipinski definition) is 1. The van der Waals surface area contributed by atoms with Crippen LogP contribution in [0.2, 0.25) is 15.8 Å². The first-order valence-corrected chi connectivity index (χ1v) is 11.3. The summed E-state index contributed by atoms with van der Waals surface area (Å²) in [4.78, 5) is 2.62. The van der Waals surface area contributed by atoms with Gasteiger partial charge in [-0.15, -0.1) is 0 Å². The lowest BCUT2D eigenvalue weighted by Gasteiger charge is -2.21. The zero-order valence-corrected chi connectivity index (χ0v) is 15.6. The Morgan fingerprint density at radius 2 is 1.71 bits per heavy atom. The van der Waals surface area contributed by atoms with Crippen LogP contribution < -0.4 is 4.90 Å². The molecule has 21 heavy (non-hydrogen) atoms. The molecule has 0 spiro atoms. The van der Waals surface area contributed by atoms with Crippen molar-refractivity contribution in [3.63, 3.8) is 0 Å². The maximum atomic E-state index is 2.62. The fourth-order valence-electron chi connectivity index (χ4n) is 3.87. The summed E-state index contributed by atoms with van der Waals surface area (Å²) in [6, 6.07) is 8.96. The first-order chi connectivity index (χ1) is 10.1. The minimum absolute atomic E-state index is 0.523. The number of fused-ring (bicyclic) bond motifs is 1. The first kappa shape index (κ1) is 16.9.